The van der Waals surface area contributed by atoms with E-state index in [1.807, 2.05) is 0 Å². The zero-order valence-corrected chi connectivity index (χ0v) is 31.8. The molecule has 4 nitrogen and oxygen atoms in total. The van der Waals surface area contributed by atoms with Crippen molar-refractivity contribution in [2.24, 2.45) is 0 Å². The van der Waals surface area contributed by atoms with Crippen LogP contribution < -0.4 is 0 Å². The number of rotatable bonds is 3. The van der Waals surface area contributed by atoms with Gasteiger partial charge in [0.1, 0.15) is 0 Å². The summed E-state index contributed by atoms with van der Waals surface area (Å²) in [5.74, 6) is 0.846. The van der Waals surface area contributed by atoms with Gasteiger partial charge in [-0.05, 0) is 80.4 Å². The molecule has 4 aromatic heterocycles. The zero-order chi connectivity index (χ0) is 38.3. The first kappa shape index (κ1) is 31.3. The molecule has 9 aromatic carbocycles. The Hall–Kier alpha value is -7.82. The fourth-order valence-corrected chi connectivity index (χ4v) is 10.7. The first-order valence-electron chi connectivity index (χ1n) is 20.4. The number of nitrogens with zero attached hydrogens (tertiary/aromatic N) is 4. The fraction of sp³-hybridized carbons (Fsp3) is 0.0182. The molecule has 1 aliphatic carbocycles. The van der Waals surface area contributed by atoms with Crippen molar-refractivity contribution in [1.29, 1.82) is 0 Å². The molecule has 1 aliphatic rings. The third-order valence-electron chi connectivity index (χ3n) is 13.1. The van der Waals surface area contributed by atoms with Gasteiger partial charge in [-0.3, -0.25) is 4.57 Å². The second-order valence-corrected chi connectivity index (χ2v) is 16.1. The van der Waals surface area contributed by atoms with Crippen molar-refractivity contribution in [3.8, 4) is 28.3 Å². The highest BCUT2D eigenvalue weighted by Gasteiger charge is 2.32. The highest BCUT2D eigenvalue weighted by Crippen LogP contribution is 2.51. The summed E-state index contributed by atoms with van der Waals surface area (Å²) in [7, 11) is 0. The first-order chi connectivity index (χ1) is 29.3. The predicted octanol–water partition coefficient (Wildman–Crippen LogP) is 13.9. The third-order valence-corrected chi connectivity index (χ3v) is 13.1. The number of hydrogen-bond donors (Lipinski definition) is 0. The average Bonchev–Trinajstić information content (AvgIpc) is 3.90. The maximum Gasteiger partial charge on any atom is 0.235 e. The molecule has 0 saturated heterocycles. The SMILES string of the molecule is c1ccc(-c2nc(-n3c4cccc5c6cccc7c8cc9c(cc8n(c8cccc3c8c54)c67)-c3ccccc3C9c3ccccc3)nc3ccc4ccccc4c23)cc1. The molecule has 0 aliphatic heterocycles. The molecule has 1 unspecified atom stereocenters. The van der Waals surface area contributed by atoms with Crippen molar-refractivity contribution in [2.75, 3.05) is 0 Å². The molecule has 0 radical (unpaired) electrons. The van der Waals surface area contributed by atoms with Crippen molar-refractivity contribution in [1.82, 2.24) is 18.9 Å². The van der Waals surface area contributed by atoms with Gasteiger partial charge in [0, 0.05) is 43.8 Å². The number of hydrogen-bond acceptors (Lipinski definition) is 2. The molecule has 4 heteroatoms. The minimum atomic E-state index is 0.180. The summed E-state index contributed by atoms with van der Waals surface area (Å²) in [6.45, 7) is 0. The minimum Gasteiger partial charge on any atom is -0.308 e. The van der Waals surface area contributed by atoms with Crippen molar-refractivity contribution < 1.29 is 0 Å². The summed E-state index contributed by atoms with van der Waals surface area (Å²) in [4.78, 5) is 10.9. The Morgan fingerprint density at radius 3 is 1.97 bits per heavy atom. The van der Waals surface area contributed by atoms with E-state index in [2.05, 4.69) is 197 Å². The highest BCUT2D eigenvalue weighted by molar-refractivity contribution is 6.31. The molecular weight excluding hydrogens is 717 g/mol. The number of fused-ring (bicyclic) bond motifs is 11. The lowest BCUT2D eigenvalue weighted by molar-refractivity contribution is 1.01. The summed E-state index contributed by atoms with van der Waals surface area (Å²) in [5, 5.41) is 10.8. The fourth-order valence-electron chi connectivity index (χ4n) is 10.7. The molecule has 0 bridgehead atoms. The quantitative estimate of drug-likeness (QED) is 0.169. The van der Waals surface area contributed by atoms with E-state index in [4.69, 9.17) is 9.97 Å². The zero-order valence-electron chi connectivity index (χ0n) is 31.8. The molecule has 14 rings (SSSR count). The van der Waals surface area contributed by atoms with Gasteiger partial charge in [-0.25, -0.2) is 9.97 Å². The summed E-state index contributed by atoms with van der Waals surface area (Å²) in [6, 6.07) is 68.8. The van der Waals surface area contributed by atoms with E-state index in [-0.39, 0.29) is 5.92 Å². The molecule has 0 N–H and O–H groups in total. The highest BCUT2D eigenvalue weighted by atomic mass is 15.2. The lowest BCUT2D eigenvalue weighted by Gasteiger charge is -2.14. The Bertz CT molecular complexity index is 3890. The predicted molar refractivity (Wildman–Crippen MR) is 244 cm³/mol. The molecule has 0 fully saturated rings. The van der Waals surface area contributed by atoms with Crippen molar-refractivity contribution in [2.45, 2.75) is 5.92 Å². The number of para-hydroxylation sites is 1. The summed E-state index contributed by atoms with van der Waals surface area (Å²) in [5.41, 5.74) is 15.4. The number of aromatic nitrogens is 4. The van der Waals surface area contributed by atoms with Gasteiger partial charge in [0.05, 0.1) is 38.8 Å². The number of benzene rings is 9. The van der Waals surface area contributed by atoms with Gasteiger partial charge in [0.25, 0.3) is 0 Å². The average molecular weight is 749 g/mol. The Kier molecular flexibility index (Phi) is 6.05. The maximum absolute atomic E-state index is 5.53. The second-order valence-electron chi connectivity index (χ2n) is 16.1. The largest absolute Gasteiger partial charge is 0.308 e. The standard InChI is InChI=1S/C55H32N4/c1-3-15-33(16-4-1)49-37-21-10-9-20-36(37)41-31-48-42(30-43(41)49)40-24-11-23-39-38-22-12-25-45-51(38)52-46(58(48)54(39)40)26-13-27-47(52)59(45)55-56-44-29-28-32-14-7-8-19-35(32)50(44)53(57-55)34-17-5-2-6-18-34/h1-31,49H. The van der Waals surface area contributed by atoms with Gasteiger partial charge in [0.2, 0.25) is 5.95 Å². The van der Waals surface area contributed by atoms with E-state index in [9.17, 15) is 0 Å². The minimum absolute atomic E-state index is 0.180. The van der Waals surface area contributed by atoms with Crippen LogP contribution in [0.2, 0.25) is 0 Å². The summed E-state index contributed by atoms with van der Waals surface area (Å²) in [6.07, 6.45) is 0. The third kappa shape index (κ3) is 4.07. The van der Waals surface area contributed by atoms with Gasteiger partial charge in [-0.1, -0.05) is 152 Å². The van der Waals surface area contributed by atoms with E-state index >= 15 is 0 Å². The monoisotopic (exact) mass is 748 g/mol. The van der Waals surface area contributed by atoms with E-state index in [0.717, 1.165) is 38.6 Å². The Labute approximate surface area is 338 Å². The summed E-state index contributed by atoms with van der Waals surface area (Å²) >= 11 is 0. The molecular formula is C55H32N4. The van der Waals surface area contributed by atoms with Crippen LogP contribution in [0.3, 0.4) is 0 Å². The van der Waals surface area contributed by atoms with Crippen LogP contribution in [0.4, 0.5) is 0 Å². The van der Waals surface area contributed by atoms with Crippen molar-refractivity contribution in [3.63, 3.8) is 0 Å². The van der Waals surface area contributed by atoms with Gasteiger partial charge < -0.3 is 4.40 Å². The first-order valence-corrected chi connectivity index (χ1v) is 20.4. The Morgan fingerprint density at radius 1 is 0.407 bits per heavy atom. The van der Waals surface area contributed by atoms with Crippen LogP contribution in [0.15, 0.2) is 188 Å². The van der Waals surface area contributed by atoms with Gasteiger partial charge in [0.15, 0.2) is 0 Å². The molecule has 1 atom stereocenters. The molecule has 0 amide bonds. The van der Waals surface area contributed by atoms with Crippen LogP contribution in [0, 0.1) is 0 Å². The Morgan fingerprint density at radius 2 is 1.08 bits per heavy atom. The maximum atomic E-state index is 5.53. The lowest BCUT2D eigenvalue weighted by Crippen LogP contribution is -2.04. The second kappa shape index (κ2) is 11.4. The lowest BCUT2D eigenvalue weighted by atomic mass is 9.89. The van der Waals surface area contributed by atoms with Gasteiger partial charge in [-0.15, -0.1) is 0 Å². The van der Waals surface area contributed by atoms with Crippen molar-refractivity contribution >= 4 is 81.6 Å². The Balaban J connectivity index is 1.13. The van der Waals surface area contributed by atoms with Gasteiger partial charge in [-0.2, -0.15) is 0 Å². The molecule has 0 spiro atoms. The van der Waals surface area contributed by atoms with Crippen molar-refractivity contribution in [3.05, 3.63) is 205 Å². The van der Waals surface area contributed by atoms with E-state index < -0.39 is 0 Å². The van der Waals surface area contributed by atoms with E-state index in [1.54, 1.807) is 0 Å². The van der Waals surface area contributed by atoms with Crippen LogP contribution in [-0.2, 0) is 0 Å². The smallest absolute Gasteiger partial charge is 0.235 e. The molecule has 4 heterocycles. The molecule has 13 aromatic rings. The van der Waals surface area contributed by atoms with Crippen LogP contribution in [0.25, 0.3) is 110 Å². The topological polar surface area (TPSA) is 35.1 Å². The van der Waals surface area contributed by atoms with Crippen LogP contribution in [-0.4, -0.2) is 18.9 Å². The van der Waals surface area contributed by atoms with Crippen LogP contribution in [0.1, 0.15) is 22.6 Å². The summed E-state index contributed by atoms with van der Waals surface area (Å²) < 4.78 is 4.85. The molecule has 0 saturated carbocycles. The van der Waals surface area contributed by atoms with Crippen LogP contribution in [0.5, 0.6) is 0 Å². The molecule has 59 heavy (non-hydrogen) atoms. The van der Waals surface area contributed by atoms with E-state index in [0.29, 0.717) is 5.95 Å². The van der Waals surface area contributed by atoms with E-state index in [1.165, 1.54) is 82.1 Å². The van der Waals surface area contributed by atoms with Crippen LogP contribution >= 0.6 is 0 Å². The molecule has 272 valence electrons. The normalized spacial score (nSPS) is 13.9. The van der Waals surface area contributed by atoms with Gasteiger partial charge >= 0.3 is 0 Å².